The summed E-state index contributed by atoms with van der Waals surface area (Å²) in [5.74, 6) is 1.78. The van der Waals surface area contributed by atoms with Gasteiger partial charge in [0.05, 0.1) is 13.2 Å². The Bertz CT molecular complexity index is 526. The lowest BCUT2D eigenvalue weighted by Gasteiger charge is -2.35. The van der Waals surface area contributed by atoms with Crippen molar-refractivity contribution < 1.29 is 14.3 Å². The number of benzene rings is 1. The Hall–Kier alpha value is -1.04. The predicted octanol–water partition coefficient (Wildman–Crippen LogP) is 4.89. The zero-order chi connectivity index (χ0) is 19.6. The molecule has 5 heteroatoms. The van der Waals surface area contributed by atoms with Crippen LogP contribution in [0.4, 0.5) is 0 Å². The second-order valence-corrected chi connectivity index (χ2v) is 12.7. The molecule has 0 radical (unpaired) electrons. The Balaban J connectivity index is 2.67. The van der Waals surface area contributed by atoms with E-state index in [1.165, 1.54) is 5.56 Å². The molecule has 26 heavy (non-hydrogen) atoms. The highest BCUT2D eigenvalue weighted by atomic mass is 28.4. The lowest BCUT2D eigenvalue weighted by atomic mass is 10.1. The Morgan fingerprint density at radius 2 is 1.77 bits per heavy atom. The Labute approximate surface area is 161 Å². The van der Waals surface area contributed by atoms with Crippen LogP contribution in [0.1, 0.15) is 58.4 Å². The molecule has 3 N–H and O–H groups in total. The van der Waals surface area contributed by atoms with E-state index < -0.39 is 8.32 Å². The molecule has 0 amide bonds. The van der Waals surface area contributed by atoms with Crippen LogP contribution in [0.15, 0.2) is 18.2 Å². The van der Waals surface area contributed by atoms with Gasteiger partial charge in [-0.05, 0) is 68.4 Å². The first-order valence-corrected chi connectivity index (χ1v) is 13.0. The second-order valence-electron chi connectivity index (χ2n) is 8.26. The minimum absolute atomic E-state index is 0.0101. The molecular weight excluding hydrogens is 342 g/mol. The topological polar surface area (TPSA) is 64.7 Å². The normalized spacial score (nSPS) is 12.3. The molecule has 0 aliphatic heterocycles. The molecule has 0 heterocycles. The van der Waals surface area contributed by atoms with Gasteiger partial charge in [-0.1, -0.05) is 33.3 Å². The summed E-state index contributed by atoms with van der Waals surface area (Å²) in [5, 5.41) is -0.0101. The highest BCUT2D eigenvalue weighted by Crippen LogP contribution is 2.39. The highest BCUT2D eigenvalue weighted by molar-refractivity contribution is 6.72. The van der Waals surface area contributed by atoms with Crippen molar-refractivity contribution in [3.63, 3.8) is 0 Å². The third-order valence-electron chi connectivity index (χ3n) is 5.32. The van der Waals surface area contributed by atoms with Crippen LogP contribution in [0.25, 0.3) is 0 Å². The minimum atomic E-state index is -2.16. The number of unbranched alkanes of at least 4 members (excludes halogenated alkanes) is 1. The van der Waals surface area contributed by atoms with Crippen molar-refractivity contribution in [2.45, 2.75) is 77.4 Å². The molecule has 1 aromatic rings. The van der Waals surface area contributed by atoms with Crippen LogP contribution in [0, 0.1) is 0 Å². The number of aryl methyl sites for hydroxylation is 1. The first kappa shape index (κ1) is 23.0. The van der Waals surface area contributed by atoms with Crippen LogP contribution in [-0.2, 0) is 6.42 Å². The summed E-state index contributed by atoms with van der Waals surface area (Å²) in [5.41, 5.74) is 6.85. The molecular formula is C21H39NO3Si. The van der Waals surface area contributed by atoms with E-state index in [-0.39, 0.29) is 5.04 Å². The van der Waals surface area contributed by atoms with Gasteiger partial charge in [-0.2, -0.15) is 0 Å². The molecule has 1 rings (SSSR count). The first-order valence-electron chi connectivity index (χ1n) is 10.0. The summed E-state index contributed by atoms with van der Waals surface area (Å²) in [4.78, 5) is 10.4. The summed E-state index contributed by atoms with van der Waals surface area (Å²) in [6.07, 6.45) is 5.95. The van der Waals surface area contributed by atoms with E-state index in [4.69, 9.17) is 15.2 Å². The number of ether oxygens (including phenoxy) is 2. The highest BCUT2D eigenvalue weighted by Gasteiger charge is 2.37. The second kappa shape index (κ2) is 10.9. The van der Waals surface area contributed by atoms with Crippen molar-refractivity contribution in [3.8, 4) is 11.5 Å². The molecule has 1 aromatic carbocycles. The van der Waals surface area contributed by atoms with Crippen LogP contribution in [0.2, 0.25) is 18.1 Å². The number of nitrogens with two attached hydrogens (primary N) is 1. The molecule has 4 nitrogen and oxygen atoms in total. The first-order chi connectivity index (χ1) is 12.2. The average Bonchev–Trinajstić information content (AvgIpc) is 2.57. The van der Waals surface area contributed by atoms with Gasteiger partial charge >= 0.3 is 0 Å². The lowest BCUT2D eigenvalue weighted by Crippen LogP contribution is -2.39. The number of hydrogen-bond acceptors (Lipinski definition) is 4. The maximum Gasteiger partial charge on any atom is 0.188 e. The lowest BCUT2D eigenvalue weighted by molar-refractivity contribution is 0.283. The molecule has 0 aliphatic rings. The summed E-state index contributed by atoms with van der Waals surface area (Å²) >= 11 is 0. The van der Waals surface area contributed by atoms with Crippen LogP contribution < -0.4 is 15.2 Å². The number of hydrogen-bond donors (Lipinski definition) is 2. The predicted molar refractivity (Wildman–Crippen MR) is 113 cm³/mol. The molecule has 0 spiro atoms. The van der Waals surface area contributed by atoms with E-state index in [0.29, 0.717) is 13.2 Å². The van der Waals surface area contributed by atoms with E-state index in [1.807, 2.05) is 25.2 Å². The van der Waals surface area contributed by atoms with Gasteiger partial charge in [-0.3, -0.25) is 0 Å². The standard InChI is InChI=1S/C21H39NO3Si/c1-6-7-15-24-19-12-11-18(10-8-14-22)20(17-19)25-16-9-13-21(2,3)26(4,5)23/h11-12,17,23H,6-10,13-16,22H2,1-5H3. The van der Waals surface area contributed by atoms with E-state index in [2.05, 4.69) is 26.8 Å². The molecule has 0 fully saturated rings. The van der Waals surface area contributed by atoms with Gasteiger partial charge in [0, 0.05) is 6.07 Å². The van der Waals surface area contributed by atoms with E-state index in [1.54, 1.807) is 0 Å². The SMILES string of the molecule is CCCCOc1ccc(CCCN)c(OCCCC(C)(C)[Si](C)(C)O)c1. The minimum Gasteiger partial charge on any atom is -0.493 e. The maximum absolute atomic E-state index is 10.4. The average molecular weight is 382 g/mol. The van der Waals surface area contributed by atoms with Crippen LogP contribution >= 0.6 is 0 Å². The molecule has 150 valence electrons. The number of rotatable bonds is 13. The molecule has 0 aliphatic carbocycles. The van der Waals surface area contributed by atoms with Crippen LogP contribution in [0.3, 0.4) is 0 Å². The fourth-order valence-corrected chi connectivity index (χ4v) is 3.38. The quantitative estimate of drug-likeness (QED) is 0.377. The van der Waals surface area contributed by atoms with Gasteiger partial charge in [-0.15, -0.1) is 0 Å². The molecule has 0 atom stereocenters. The molecule has 0 unspecified atom stereocenters. The van der Waals surface area contributed by atoms with E-state index >= 15 is 0 Å². The van der Waals surface area contributed by atoms with E-state index in [0.717, 1.165) is 56.6 Å². The van der Waals surface area contributed by atoms with Gasteiger partial charge in [0.2, 0.25) is 0 Å². The Morgan fingerprint density at radius 1 is 1.08 bits per heavy atom. The van der Waals surface area contributed by atoms with Gasteiger partial charge < -0.3 is 20.0 Å². The molecule has 0 saturated heterocycles. The van der Waals surface area contributed by atoms with E-state index in [9.17, 15) is 4.80 Å². The van der Waals surface area contributed by atoms with Crippen molar-refractivity contribution in [1.29, 1.82) is 0 Å². The third-order valence-corrected chi connectivity index (χ3v) is 8.88. The van der Waals surface area contributed by atoms with Crippen molar-refractivity contribution >= 4 is 8.32 Å². The molecule has 0 saturated carbocycles. The van der Waals surface area contributed by atoms with Crippen molar-refractivity contribution in [2.24, 2.45) is 5.73 Å². The van der Waals surface area contributed by atoms with Crippen molar-refractivity contribution in [2.75, 3.05) is 19.8 Å². The zero-order valence-electron chi connectivity index (χ0n) is 17.4. The van der Waals surface area contributed by atoms with Gasteiger partial charge in [0.1, 0.15) is 11.5 Å². The third kappa shape index (κ3) is 7.68. The fourth-order valence-electron chi connectivity index (χ4n) is 2.59. The van der Waals surface area contributed by atoms with Gasteiger partial charge in [0.25, 0.3) is 0 Å². The van der Waals surface area contributed by atoms with Gasteiger partial charge in [-0.25, -0.2) is 0 Å². The van der Waals surface area contributed by atoms with Crippen LogP contribution in [-0.4, -0.2) is 32.9 Å². The Kier molecular flexibility index (Phi) is 9.68. The molecule has 0 bridgehead atoms. The van der Waals surface area contributed by atoms with Crippen LogP contribution in [0.5, 0.6) is 11.5 Å². The summed E-state index contributed by atoms with van der Waals surface area (Å²) in [6, 6.07) is 6.13. The van der Waals surface area contributed by atoms with Gasteiger partial charge in [0.15, 0.2) is 8.32 Å². The molecule has 0 aromatic heterocycles. The fraction of sp³-hybridized carbons (Fsp3) is 0.714. The summed E-state index contributed by atoms with van der Waals surface area (Å²) in [7, 11) is -2.16. The largest absolute Gasteiger partial charge is 0.493 e. The smallest absolute Gasteiger partial charge is 0.188 e. The summed E-state index contributed by atoms with van der Waals surface area (Å²) in [6.45, 7) is 12.6. The maximum atomic E-state index is 10.4. The monoisotopic (exact) mass is 381 g/mol. The summed E-state index contributed by atoms with van der Waals surface area (Å²) < 4.78 is 11.9. The Morgan fingerprint density at radius 3 is 2.38 bits per heavy atom. The van der Waals surface area contributed by atoms with Crippen molar-refractivity contribution in [3.05, 3.63) is 23.8 Å². The van der Waals surface area contributed by atoms with Crippen molar-refractivity contribution in [1.82, 2.24) is 0 Å². The zero-order valence-corrected chi connectivity index (χ0v) is 18.4.